The molecular formula is C24H28N2O5. The summed E-state index contributed by atoms with van der Waals surface area (Å²) in [6, 6.07) is 14.4. The average molecular weight is 424 g/mol. The Morgan fingerprint density at radius 1 is 1.06 bits per heavy atom. The number of rotatable bonds is 9. The number of carbonyl (C=O) groups excluding carboxylic acids is 3. The Morgan fingerprint density at radius 3 is 2.61 bits per heavy atom. The Balaban J connectivity index is 1.42. The minimum absolute atomic E-state index is 0.273. The normalized spacial score (nSPS) is 12.6. The summed E-state index contributed by atoms with van der Waals surface area (Å²) >= 11 is 0. The van der Waals surface area contributed by atoms with E-state index in [1.54, 1.807) is 29.2 Å². The molecule has 1 aliphatic rings. The van der Waals surface area contributed by atoms with E-state index in [2.05, 4.69) is 12.2 Å². The lowest BCUT2D eigenvalue weighted by Gasteiger charge is -2.29. The molecule has 1 heterocycles. The minimum atomic E-state index is -0.661. The molecule has 1 aliphatic heterocycles. The van der Waals surface area contributed by atoms with E-state index in [0.29, 0.717) is 24.5 Å². The number of para-hydroxylation sites is 1. The van der Waals surface area contributed by atoms with Gasteiger partial charge in [-0.3, -0.25) is 14.4 Å². The predicted octanol–water partition coefficient (Wildman–Crippen LogP) is 3.12. The molecule has 0 radical (unpaired) electrons. The zero-order valence-corrected chi connectivity index (χ0v) is 17.8. The Hall–Kier alpha value is -3.35. The number of anilines is 1. The summed E-state index contributed by atoms with van der Waals surface area (Å²) in [5.74, 6) is -0.632. The Morgan fingerprint density at radius 2 is 1.84 bits per heavy atom. The maximum Gasteiger partial charge on any atom is 0.325 e. The van der Waals surface area contributed by atoms with Gasteiger partial charge in [0.1, 0.15) is 12.3 Å². The van der Waals surface area contributed by atoms with Crippen molar-refractivity contribution in [2.45, 2.75) is 32.6 Å². The van der Waals surface area contributed by atoms with Gasteiger partial charge in [-0.25, -0.2) is 0 Å². The summed E-state index contributed by atoms with van der Waals surface area (Å²) < 4.78 is 10.6. The highest BCUT2D eigenvalue weighted by atomic mass is 16.5. The number of hydrogen-bond donors (Lipinski definition) is 1. The number of aryl methyl sites for hydroxylation is 1. The monoisotopic (exact) mass is 424 g/mol. The van der Waals surface area contributed by atoms with Crippen molar-refractivity contribution in [1.82, 2.24) is 5.32 Å². The van der Waals surface area contributed by atoms with E-state index < -0.39 is 11.9 Å². The highest BCUT2D eigenvalue weighted by molar-refractivity contribution is 5.97. The van der Waals surface area contributed by atoms with Gasteiger partial charge < -0.3 is 19.7 Å². The lowest BCUT2D eigenvalue weighted by Crippen LogP contribution is -2.39. The van der Waals surface area contributed by atoms with Crippen LogP contribution in [0.3, 0.4) is 0 Å². The quantitative estimate of drug-likeness (QED) is 0.494. The first-order valence-electron chi connectivity index (χ1n) is 10.6. The first kappa shape index (κ1) is 22.3. The Labute approximate surface area is 182 Å². The van der Waals surface area contributed by atoms with Crippen molar-refractivity contribution in [2.24, 2.45) is 0 Å². The smallest absolute Gasteiger partial charge is 0.325 e. The maximum atomic E-state index is 12.5. The Kier molecular flexibility index (Phi) is 8.04. The number of benzene rings is 2. The van der Waals surface area contributed by atoms with Crippen molar-refractivity contribution in [1.29, 1.82) is 0 Å². The van der Waals surface area contributed by atoms with Gasteiger partial charge in [-0.05, 0) is 55.2 Å². The number of carbonyl (C=O) groups is 3. The van der Waals surface area contributed by atoms with Gasteiger partial charge in [0.05, 0.1) is 6.61 Å². The molecule has 7 heteroatoms. The van der Waals surface area contributed by atoms with E-state index in [1.165, 1.54) is 0 Å². The molecule has 2 aromatic carbocycles. The fraction of sp³-hybridized carbons (Fsp3) is 0.375. The number of esters is 1. The van der Waals surface area contributed by atoms with Crippen molar-refractivity contribution in [3.8, 4) is 5.75 Å². The zero-order chi connectivity index (χ0) is 22.1. The topological polar surface area (TPSA) is 84.9 Å². The molecule has 0 spiro atoms. The van der Waals surface area contributed by atoms with Crippen LogP contribution in [0.2, 0.25) is 0 Å². The molecule has 0 saturated carbocycles. The number of unbranched alkanes of at least 4 members (excludes halogenated alkanes) is 1. The third kappa shape index (κ3) is 6.31. The second-order valence-corrected chi connectivity index (χ2v) is 7.35. The number of ether oxygens (including phenoxy) is 2. The van der Waals surface area contributed by atoms with E-state index >= 15 is 0 Å². The van der Waals surface area contributed by atoms with Crippen LogP contribution in [0, 0.1) is 0 Å². The van der Waals surface area contributed by atoms with Crippen LogP contribution < -0.4 is 15.0 Å². The molecule has 0 atom stereocenters. The van der Waals surface area contributed by atoms with E-state index in [9.17, 15) is 14.4 Å². The van der Waals surface area contributed by atoms with Crippen LogP contribution in [0.15, 0.2) is 48.5 Å². The van der Waals surface area contributed by atoms with Crippen molar-refractivity contribution in [3.05, 3.63) is 59.7 Å². The van der Waals surface area contributed by atoms with Gasteiger partial charge in [-0.15, -0.1) is 0 Å². The summed E-state index contributed by atoms with van der Waals surface area (Å²) in [6.07, 6.45) is 3.82. The second kappa shape index (κ2) is 11.2. The summed E-state index contributed by atoms with van der Waals surface area (Å²) in [6.45, 7) is 2.66. The number of amides is 2. The zero-order valence-electron chi connectivity index (χ0n) is 17.8. The molecule has 2 aromatic rings. The number of nitrogens with one attached hydrogen (secondary N) is 1. The van der Waals surface area contributed by atoms with Gasteiger partial charge in [-0.1, -0.05) is 31.5 Å². The standard InChI is InChI=1S/C24H28N2O5/c1-2-3-15-30-20-12-10-19(11-13-20)24(29)25-16-23(28)31-17-22(27)26-14-6-8-18-7-4-5-9-21(18)26/h4-5,7,9-13H,2-3,6,8,14-17H2,1H3,(H,25,29). The summed E-state index contributed by atoms with van der Waals surface area (Å²) in [4.78, 5) is 38.3. The highest BCUT2D eigenvalue weighted by Crippen LogP contribution is 2.26. The largest absolute Gasteiger partial charge is 0.494 e. The molecule has 164 valence electrons. The van der Waals surface area contributed by atoms with Crippen LogP contribution in [0.4, 0.5) is 5.69 Å². The van der Waals surface area contributed by atoms with Gasteiger partial charge in [0, 0.05) is 17.8 Å². The molecule has 0 fully saturated rings. The number of fused-ring (bicyclic) bond motifs is 1. The van der Waals surface area contributed by atoms with Crippen LogP contribution in [-0.4, -0.2) is 44.1 Å². The van der Waals surface area contributed by atoms with Gasteiger partial charge in [0.15, 0.2) is 6.61 Å². The molecule has 0 aliphatic carbocycles. The van der Waals surface area contributed by atoms with Crippen molar-refractivity contribution < 1.29 is 23.9 Å². The molecule has 3 rings (SSSR count). The van der Waals surface area contributed by atoms with Crippen molar-refractivity contribution in [3.63, 3.8) is 0 Å². The molecule has 0 unspecified atom stereocenters. The summed E-state index contributed by atoms with van der Waals surface area (Å²) in [7, 11) is 0. The lowest BCUT2D eigenvalue weighted by atomic mass is 10.0. The van der Waals surface area contributed by atoms with Gasteiger partial charge in [0.25, 0.3) is 11.8 Å². The fourth-order valence-electron chi connectivity index (χ4n) is 3.36. The van der Waals surface area contributed by atoms with Gasteiger partial charge >= 0.3 is 5.97 Å². The van der Waals surface area contributed by atoms with Crippen LogP contribution in [-0.2, 0) is 20.7 Å². The van der Waals surface area contributed by atoms with Crippen molar-refractivity contribution >= 4 is 23.5 Å². The molecule has 0 bridgehead atoms. The van der Waals surface area contributed by atoms with Crippen LogP contribution >= 0.6 is 0 Å². The minimum Gasteiger partial charge on any atom is -0.494 e. The Bertz CT molecular complexity index is 910. The van der Waals surface area contributed by atoms with Gasteiger partial charge in [0.2, 0.25) is 0 Å². The SMILES string of the molecule is CCCCOc1ccc(C(=O)NCC(=O)OCC(=O)N2CCCc3ccccc32)cc1. The lowest BCUT2D eigenvalue weighted by molar-refractivity contribution is -0.146. The molecule has 2 amide bonds. The van der Waals surface area contributed by atoms with Crippen molar-refractivity contribution in [2.75, 3.05) is 31.2 Å². The van der Waals surface area contributed by atoms with Crippen LogP contribution in [0.1, 0.15) is 42.1 Å². The predicted molar refractivity (Wildman–Crippen MR) is 117 cm³/mol. The molecule has 7 nitrogen and oxygen atoms in total. The highest BCUT2D eigenvalue weighted by Gasteiger charge is 2.23. The van der Waals surface area contributed by atoms with E-state index in [4.69, 9.17) is 9.47 Å². The van der Waals surface area contributed by atoms with E-state index in [0.717, 1.165) is 36.9 Å². The van der Waals surface area contributed by atoms with Crippen LogP contribution in [0.25, 0.3) is 0 Å². The first-order valence-corrected chi connectivity index (χ1v) is 10.6. The molecule has 0 saturated heterocycles. The fourth-order valence-corrected chi connectivity index (χ4v) is 3.36. The summed E-state index contributed by atoms with van der Waals surface area (Å²) in [5.41, 5.74) is 2.39. The third-order valence-corrected chi connectivity index (χ3v) is 5.04. The number of hydrogen-bond acceptors (Lipinski definition) is 5. The third-order valence-electron chi connectivity index (χ3n) is 5.04. The first-order chi connectivity index (χ1) is 15.1. The second-order valence-electron chi connectivity index (χ2n) is 7.35. The van der Waals surface area contributed by atoms with E-state index in [1.807, 2.05) is 24.3 Å². The van der Waals surface area contributed by atoms with E-state index in [-0.39, 0.29) is 19.1 Å². The summed E-state index contributed by atoms with van der Waals surface area (Å²) in [5, 5.41) is 2.51. The van der Waals surface area contributed by atoms with Crippen LogP contribution in [0.5, 0.6) is 5.75 Å². The average Bonchev–Trinajstić information content (AvgIpc) is 2.81. The molecule has 0 aromatic heterocycles. The number of nitrogens with zero attached hydrogens (tertiary/aromatic N) is 1. The van der Waals surface area contributed by atoms with Gasteiger partial charge in [-0.2, -0.15) is 0 Å². The maximum absolute atomic E-state index is 12.5. The molecule has 31 heavy (non-hydrogen) atoms. The molecule has 1 N–H and O–H groups in total. The molecular weight excluding hydrogens is 396 g/mol.